The molecule has 0 bridgehead atoms. The second-order valence-corrected chi connectivity index (χ2v) is 8.45. The molecule has 4 rings (SSSR count). The Bertz CT molecular complexity index is 865. The molecule has 0 saturated carbocycles. The number of anilines is 1. The molecule has 2 aromatic carbocycles. The maximum Gasteiger partial charge on any atom is 0.258 e. The molecule has 1 fully saturated rings. The number of alkyl halides is 1. The molecule has 4 nitrogen and oxygen atoms in total. The highest BCUT2D eigenvalue weighted by molar-refractivity contribution is 5.95. The zero-order valence-corrected chi connectivity index (χ0v) is 17.6. The van der Waals surface area contributed by atoms with Gasteiger partial charge >= 0.3 is 0 Å². The zero-order chi connectivity index (χ0) is 21.1. The Kier molecular flexibility index (Phi) is 6.49. The van der Waals surface area contributed by atoms with E-state index in [1.165, 1.54) is 10.5 Å². The summed E-state index contributed by atoms with van der Waals surface area (Å²) in [6.45, 7) is 3.24. The van der Waals surface area contributed by atoms with Crippen molar-refractivity contribution in [2.45, 2.75) is 50.7 Å². The van der Waals surface area contributed by atoms with Gasteiger partial charge in [0, 0.05) is 24.7 Å². The standard InChI is InChI=1S/C25H31FN2O2/c1-2-28(25(30)17-26)22-10-6-9-20-15-24(29)23(16-21(20)22)27-13-11-19(12-14-27)18-7-4-3-5-8-18/h3-10,19,23-24,29H,2,11-17H2,1H3/t23-,24-/m0/s1/i26-1. The number of halogens is 1. The summed E-state index contributed by atoms with van der Waals surface area (Å²) in [5, 5.41) is 10.9. The van der Waals surface area contributed by atoms with Crippen molar-refractivity contribution in [3.8, 4) is 0 Å². The van der Waals surface area contributed by atoms with E-state index in [2.05, 4.69) is 35.2 Å². The first-order valence-electron chi connectivity index (χ1n) is 11.1. The average Bonchev–Trinajstić information content (AvgIpc) is 2.80. The largest absolute Gasteiger partial charge is 0.391 e. The lowest BCUT2D eigenvalue weighted by Crippen LogP contribution is -2.51. The molecule has 1 aliphatic heterocycles. The molecule has 0 spiro atoms. The quantitative estimate of drug-likeness (QED) is 0.819. The summed E-state index contributed by atoms with van der Waals surface area (Å²) in [5.74, 6) is 0.0704. The van der Waals surface area contributed by atoms with Gasteiger partial charge in [-0.25, -0.2) is 4.39 Å². The fourth-order valence-electron chi connectivity index (χ4n) is 5.22. The number of aliphatic hydroxyl groups is 1. The van der Waals surface area contributed by atoms with Crippen LogP contribution in [0, 0.1) is 0 Å². The molecule has 0 radical (unpaired) electrons. The normalized spacial score (nSPS) is 22.5. The third-order valence-corrected chi connectivity index (χ3v) is 6.83. The monoisotopic (exact) mass is 409 g/mol. The number of hydrogen-bond donors (Lipinski definition) is 1. The van der Waals surface area contributed by atoms with E-state index in [0.29, 0.717) is 25.3 Å². The molecule has 30 heavy (non-hydrogen) atoms. The van der Waals surface area contributed by atoms with E-state index in [0.717, 1.165) is 42.7 Å². The molecule has 2 atom stereocenters. The van der Waals surface area contributed by atoms with Crippen LogP contribution in [-0.2, 0) is 17.6 Å². The molecule has 5 heteroatoms. The van der Waals surface area contributed by atoms with Crippen molar-refractivity contribution in [1.29, 1.82) is 0 Å². The van der Waals surface area contributed by atoms with Crippen LogP contribution < -0.4 is 4.90 Å². The maximum atomic E-state index is 13.1. The van der Waals surface area contributed by atoms with Gasteiger partial charge in [0.25, 0.3) is 5.91 Å². The average molecular weight is 410 g/mol. The molecule has 1 N–H and O–H groups in total. The van der Waals surface area contributed by atoms with E-state index in [-0.39, 0.29) is 6.04 Å². The molecular weight excluding hydrogens is 378 g/mol. The fraction of sp³-hybridized carbons (Fsp3) is 0.480. The first-order chi connectivity index (χ1) is 14.6. The van der Waals surface area contributed by atoms with Crippen molar-refractivity contribution in [3.63, 3.8) is 0 Å². The van der Waals surface area contributed by atoms with E-state index < -0.39 is 18.7 Å². The first kappa shape index (κ1) is 21.0. The van der Waals surface area contributed by atoms with Crippen LogP contribution in [0.1, 0.15) is 42.4 Å². The molecule has 2 aromatic rings. The molecule has 0 unspecified atom stereocenters. The molecule has 2 aliphatic rings. The van der Waals surface area contributed by atoms with Crippen LogP contribution in [-0.4, -0.2) is 54.4 Å². The summed E-state index contributed by atoms with van der Waals surface area (Å²) in [5.41, 5.74) is 4.35. The number of hydrogen-bond acceptors (Lipinski definition) is 3. The third-order valence-electron chi connectivity index (χ3n) is 6.83. The molecule has 1 aliphatic carbocycles. The minimum absolute atomic E-state index is 0.0366. The van der Waals surface area contributed by atoms with Crippen LogP contribution in [0.2, 0.25) is 0 Å². The van der Waals surface area contributed by atoms with Gasteiger partial charge in [-0.05, 0) is 68.0 Å². The molecule has 1 amide bonds. The molecular formula is C25H31FN2O2. The topological polar surface area (TPSA) is 43.8 Å². The van der Waals surface area contributed by atoms with Gasteiger partial charge < -0.3 is 10.0 Å². The van der Waals surface area contributed by atoms with Gasteiger partial charge in [-0.3, -0.25) is 9.69 Å². The van der Waals surface area contributed by atoms with Gasteiger partial charge in [-0.15, -0.1) is 0 Å². The number of fused-ring (bicyclic) bond motifs is 1. The van der Waals surface area contributed by atoms with Gasteiger partial charge in [-0.2, -0.15) is 0 Å². The number of aliphatic hydroxyl groups excluding tert-OH is 1. The Hall–Kier alpha value is -2.24. The predicted molar refractivity (Wildman–Crippen MR) is 118 cm³/mol. The van der Waals surface area contributed by atoms with Crippen molar-refractivity contribution >= 4 is 11.6 Å². The van der Waals surface area contributed by atoms with E-state index in [9.17, 15) is 14.3 Å². The van der Waals surface area contributed by atoms with Crippen LogP contribution in [0.3, 0.4) is 0 Å². The fourth-order valence-corrected chi connectivity index (χ4v) is 5.22. The molecule has 1 heterocycles. The summed E-state index contributed by atoms with van der Waals surface area (Å²) >= 11 is 0. The van der Waals surface area contributed by atoms with Gasteiger partial charge in [-0.1, -0.05) is 42.5 Å². The van der Waals surface area contributed by atoms with Crippen LogP contribution in [0.5, 0.6) is 0 Å². The Labute approximate surface area is 178 Å². The smallest absolute Gasteiger partial charge is 0.258 e. The van der Waals surface area contributed by atoms with Gasteiger partial charge in [0.2, 0.25) is 0 Å². The highest BCUT2D eigenvalue weighted by Crippen LogP contribution is 2.35. The minimum atomic E-state index is -0.990. The van der Waals surface area contributed by atoms with Crippen LogP contribution in [0.15, 0.2) is 48.5 Å². The van der Waals surface area contributed by atoms with Crippen molar-refractivity contribution in [2.24, 2.45) is 0 Å². The highest BCUT2D eigenvalue weighted by Gasteiger charge is 2.35. The lowest BCUT2D eigenvalue weighted by molar-refractivity contribution is -0.119. The number of benzene rings is 2. The summed E-state index contributed by atoms with van der Waals surface area (Å²) in [6, 6.07) is 16.5. The van der Waals surface area contributed by atoms with Gasteiger partial charge in [0.05, 0.1) is 6.10 Å². The van der Waals surface area contributed by atoms with E-state index >= 15 is 0 Å². The van der Waals surface area contributed by atoms with Crippen molar-refractivity contribution in [2.75, 3.05) is 31.2 Å². The van der Waals surface area contributed by atoms with Crippen molar-refractivity contribution in [1.82, 2.24) is 4.90 Å². The second-order valence-electron chi connectivity index (χ2n) is 8.45. The number of carbonyl (C=O) groups excluding carboxylic acids is 1. The summed E-state index contributed by atoms with van der Waals surface area (Å²) in [4.78, 5) is 16.1. The number of carbonyl (C=O) groups is 1. The number of likely N-dealkylation sites (tertiary alicyclic amines) is 1. The molecule has 1 saturated heterocycles. The Morgan fingerprint density at radius 2 is 1.83 bits per heavy atom. The predicted octanol–water partition coefficient (Wildman–Crippen LogP) is 3.72. The van der Waals surface area contributed by atoms with Gasteiger partial charge in [0.15, 0.2) is 6.67 Å². The van der Waals surface area contributed by atoms with Crippen LogP contribution in [0.25, 0.3) is 0 Å². The van der Waals surface area contributed by atoms with Crippen LogP contribution >= 0.6 is 0 Å². The highest BCUT2D eigenvalue weighted by atomic mass is 18.2. The number of nitrogens with zero attached hydrogens (tertiary/aromatic N) is 2. The summed E-state index contributed by atoms with van der Waals surface area (Å²) in [7, 11) is 0. The second kappa shape index (κ2) is 9.27. The Morgan fingerprint density at radius 1 is 1.10 bits per heavy atom. The SMILES string of the molecule is CCN(C(=O)C[18F])c1cccc2c1C[C@H](N1CCC(c3ccccc3)CC1)[C@@H](O)C2. The van der Waals surface area contributed by atoms with E-state index in [1.54, 1.807) is 0 Å². The van der Waals surface area contributed by atoms with Crippen molar-refractivity contribution in [3.05, 3.63) is 65.2 Å². The third kappa shape index (κ3) is 4.14. The number of amides is 1. The molecule has 160 valence electrons. The van der Waals surface area contributed by atoms with E-state index in [1.807, 2.05) is 25.1 Å². The molecule has 0 aromatic heterocycles. The van der Waals surface area contributed by atoms with Gasteiger partial charge in [0.1, 0.15) is 0 Å². The summed E-state index contributed by atoms with van der Waals surface area (Å²) < 4.78 is 13.1. The Morgan fingerprint density at radius 3 is 2.50 bits per heavy atom. The van der Waals surface area contributed by atoms with Crippen molar-refractivity contribution < 1.29 is 14.3 Å². The zero-order valence-electron chi connectivity index (χ0n) is 17.6. The lowest BCUT2D eigenvalue weighted by atomic mass is 9.82. The lowest BCUT2D eigenvalue weighted by Gasteiger charge is -2.43. The van der Waals surface area contributed by atoms with E-state index in [4.69, 9.17) is 0 Å². The Balaban J connectivity index is 1.51. The maximum absolute atomic E-state index is 13.1. The minimum Gasteiger partial charge on any atom is -0.391 e. The number of rotatable bonds is 5. The first-order valence-corrected chi connectivity index (χ1v) is 11.1. The summed E-state index contributed by atoms with van der Waals surface area (Å²) in [6.07, 6.45) is 3.02. The number of piperidine rings is 1. The van der Waals surface area contributed by atoms with Crippen LogP contribution in [0.4, 0.5) is 10.1 Å².